The summed E-state index contributed by atoms with van der Waals surface area (Å²) in [5, 5.41) is 2.29. The van der Waals surface area contributed by atoms with Crippen molar-refractivity contribution in [3.63, 3.8) is 0 Å². The highest BCUT2D eigenvalue weighted by atomic mass is 19.1. The quantitative estimate of drug-likeness (QED) is 0.589. The molecule has 4 rings (SSSR count). The Balaban J connectivity index is 1.93. The molecule has 1 heterocycles. The van der Waals surface area contributed by atoms with Gasteiger partial charge in [0, 0.05) is 18.2 Å². The Bertz CT molecular complexity index is 1260. The number of hydrogen-bond acceptors (Lipinski definition) is 4. The average Bonchev–Trinajstić information content (AvgIpc) is 2.83. The second-order valence-electron chi connectivity index (χ2n) is 7.74. The fourth-order valence-electron chi connectivity index (χ4n) is 4.25. The molecule has 176 valence electrons. The van der Waals surface area contributed by atoms with E-state index in [9.17, 15) is 22.8 Å². The predicted octanol–water partition coefficient (Wildman–Crippen LogP) is 4.67. The van der Waals surface area contributed by atoms with Crippen LogP contribution in [-0.2, 0) is 4.79 Å². The van der Waals surface area contributed by atoms with Crippen molar-refractivity contribution >= 4 is 17.5 Å². The van der Waals surface area contributed by atoms with Crippen LogP contribution in [0, 0.1) is 17.5 Å². The van der Waals surface area contributed by atoms with E-state index >= 15 is 0 Å². The van der Waals surface area contributed by atoms with Gasteiger partial charge in [-0.15, -0.1) is 0 Å². The molecule has 1 aliphatic heterocycles. The molecule has 6 nitrogen and oxygen atoms in total. The van der Waals surface area contributed by atoms with E-state index in [1.165, 1.54) is 62.6 Å². The van der Waals surface area contributed by atoms with Gasteiger partial charge in [-0.25, -0.2) is 13.2 Å². The van der Waals surface area contributed by atoms with E-state index in [1.807, 2.05) is 0 Å². The lowest BCUT2D eigenvalue weighted by molar-refractivity contribution is -0.119. The molecule has 0 saturated heterocycles. The molecule has 3 aromatic rings. The van der Waals surface area contributed by atoms with Gasteiger partial charge in [0.15, 0.2) is 11.5 Å². The summed E-state index contributed by atoms with van der Waals surface area (Å²) in [6.45, 7) is 0. The molecule has 2 atom stereocenters. The Kier molecular flexibility index (Phi) is 6.19. The molecular formula is C25H21F3N2O4. The molecule has 0 aromatic heterocycles. The van der Waals surface area contributed by atoms with E-state index in [0.717, 1.165) is 12.1 Å². The largest absolute Gasteiger partial charge is 0.493 e. The number of halogens is 3. The van der Waals surface area contributed by atoms with Crippen LogP contribution in [0.25, 0.3) is 0 Å². The maximum absolute atomic E-state index is 14.9. The fourth-order valence-corrected chi connectivity index (χ4v) is 4.25. The van der Waals surface area contributed by atoms with Crippen LogP contribution in [0.1, 0.15) is 33.4 Å². The number of amides is 2. The van der Waals surface area contributed by atoms with Crippen molar-refractivity contribution in [1.29, 1.82) is 0 Å². The number of methoxy groups -OCH3 is 2. The zero-order valence-electron chi connectivity index (χ0n) is 18.6. The Hall–Kier alpha value is -4.01. The van der Waals surface area contributed by atoms with E-state index in [-0.39, 0.29) is 28.2 Å². The number of likely N-dealkylation sites (N-methyl/N-ethyl adjacent to an activating group) is 1. The number of rotatable bonds is 5. The van der Waals surface area contributed by atoms with Crippen molar-refractivity contribution in [3.8, 4) is 11.5 Å². The van der Waals surface area contributed by atoms with Gasteiger partial charge in [0.2, 0.25) is 5.91 Å². The highest BCUT2D eigenvalue weighted by Crippen LogP contribution is 2.46. The molecule has 0 saturated carbocycles. The number of nitrogens with zero attached hydrogens (tertiary/aromatic N) is 1. The minimum atomic E-state index is -1.23. The van der Waals surface area contributed by atoms with Crippen LogP contribution in [0.3, 0.4) is 0 Å². The van der Waals surface area contributed by atoms with Gasteiger partial charge in [0.25, 0.3) is 5.91 Å². The first kappa shape index (κ1) is 23.2. The number of para-hydroxylation sites is 1. The van der Waals surface area contributed by atoms with Crippen molar-refractivity contribution in [2.45, 2.75) is 12.0 Å². The van der Waals surface area contributed by atoms with Gasteiger partial charge in [-0.3, -0.25) is 9.59 Å². The summed E-state index contributed by atoms with van der Waals surface area (Å²) in [5.41, 5.74) is -0.223. The normalized spacial score (nSPS) is 17.2. The predicted molar refractivity (Wildman–Crippen MR) is 119 cm³/mol. The number of ether oxygens (including phenoxy) is 2. The number of anilines is 1. The Morgan fingerprint density at radius 1 is 0.882 bits per heavy atom. The molecule has 1 aliphatic rings. The summed E-state index contributed by atoms with van der Waals surface area (Å²) >= 11 is 0. The second-order valence-corrected chi connectivity index (χ2v) is 7.74. The van der Waals surface area contributed by atoms with Crippen LogP contribution in [-0.4, -0.2) is 38.0 Å². The van der Waals surface area contributed by atoms with Gasteiger partial charge in [0.05, 0.1) is 26.2 Å². The lowest BCUT2D eigenvalue weighted by atomic mass is 9.79. The van der Waals surface area contributed by atoms with Crippen LogP contribution >= 0.6 is 0 Å². The maximum atomic E-state index is 14.9. The summed E-state index contributed by atoms with van der Waals surface area (Å²) in [4.78, 5) is 28.1. The first-order valence-corrected chi connectivity index (χ1v) is 10.3. The number of fused-ring (bicyclic) bond motifs is 1. The minimum absolute atomic E-state index is 0.0768. The molecule has 1 N–H and O–H groups in total. The Morgan fingerprint density at radius 3 is 2.09 bits per heavy atom. The Labute approximate surface area is 193 Å². The van der Waals surface area contributed by atoms with Gasteiger partial charge in [0.1, 0.15) is 23.1 Å². The van der Waals surface area contributed by atoms with Crippen LogP contribution in [0.4, 0.5) is 18.9 Å². The summed E-state index contributed by atoms with van der Waals surface area (Å²) in [5.74, 6) is -4.62. The molecule has 0 fully saturated rings. The molecule has 0 bridgehead atoms. The summed E-state index contributed by atoms with van der Waals surface area (Å²) in [6, 6.07) is 10.7. The van der Waals surface area contributed by atoms with E-state index in [2.05, 4.69) is 5.32 Å². The first-order valence-electron chi connectivity index (χ1n) is 10.3. The number of hydrogen-bond donors (Lipinski definition) is 1. The summed E-state index contributed by atoms with van der Waals surface area (Å²) in [7, 11) is 4.22. The summed E-state index contributed by atoms with van der Waals surface area (Å²) < 4.78 is 54.1. The van der Waals surface area contributed by atoms with E-state index in [1.54, 1.807) is 6.07 Å². The van der Waals surface area contributed by atoms with Crippen molar-refractivity contribution in [2.24, 2.45) is 0 Å². The number of carbonyl (C=O) groups is 2. The van der Waals surface area contributed by atoms with E-state index < -0.39 is 46.9 Å². The maximum Gasteiger partial charge on any atom is 0.254 e. The monoisotopic (exact) mass is 470 g/mol. The molecule has 3 aromatic carbocycles. The topological polar surface area (TPSA) is 67.9 Å². The van der Waals surface area contributed by atoms with E-state index in [0.29, 0.717) is 0 Å². The van der Waals surface area contributed by atoms with Crippen molar-refractivity contribution in [3.05, 3.63) is 88.7 Å². The SMILES string of the molecule is COc1cc2c(cc1OC)C(C(=O)Nc1c(F)cccc1F)C(c1ccccc1F)N(C)C2=O. The highest BCUT2D eigenvalue weighted by molar-refractivity contribution is 6.05. The number of nitrogens with one attached hydrogen (secondary N) is 1. The molecule has 0 aliphatic carbocycles. The molecule has 0 radical (unpaired) electrons. The van der Waals surface area contributed by atoms with Gasteiger partial charge in [-0.1, -0.05) is 24.3 Å². The zero-order valence-corrected chi connectivity index (χ0v) is 18.6. The van der Waals surface area contributed by atoms with Crippen LogP contribution in [0.5, 0.6) is 11.5 Å². The van der Waals surface area contributed by atoms with Crippen molar-refractivity contribution < 1.29 is 32.2 Å². The third-order valence-electron chi connectivity index (χ3n) is 5.89. The Morgan fingerprint density at radius 2 is 1.47 bits per heavy atom. The molecule has 34 heavy (non-hydrogen) atoms. The minimum Gasteiger partial charge on any atom is -0.493 e. The number of carbonyl (C=O) groups excluding carboxylic acids is 2. The van der Waals surface area contributed by atoms with Gasteiger partial charge >= 0.3 is 0 Å². The van der Waals surface area contributed by atoms with Gasteiger partial charge < -0.3 is 19.7 Å². The van der Waals surface area contributed by atoms with Gasteiger partial charge in [-0.2, -0.15) is 0 Å². The van der Waals surface area contributed by atoms with E-state index in [4.69, 9.17) is 9.47 Å². The second kappa shape index (κ2) is 9.09. The van der Waals surface area contributed by atoms with Crippen LogP contribution < -0.4 is 14.8 Å². The third-order valence-corrected chi connectivity index (χ3v) is 5.89. The zero-order chi connectivity index (χ0) is 24.6. The van der Waals surface area contributed by atoms with Gasteiger partial charge in [-0.05, 0) is 35.9 Å². The highest BCUT2D eigenvalue weighted by Gasteiger charge is 2.44. The van der Waals surface area contributed by atoms with Crippen molar-refractivity contribution in [2.75, 3.05) is 26.6 Å². The first-order chi connectivity index (χ1) is 16.3. The molecule has 2 unspecified atom stereocenters. The molecule has 0 spiro atoms. The molecule has 2 amide bonds. The lowest BCUT2D eigenvalue weighted by Gasteiger charge is -2.40. The van der Waals surface area contributed by atoms with Crippen LogP contribution in [0.2, 0.25) is 0 Å². The van der Waals surface area contributed by atoms with Crippen molar-refractivity contribution in [1.82, 2.24) is 4.90 Å². The smallest absolute Gasteiger partial charge is 0.254 e. The summed E-state index contributed by atoms with van der Waals surface area (Å²) in [6.07, 6.45) is 0. The lowest BCUT2D eigenvalue weighted by Crippen LogP contribution is -2.44. The average molecular weight is 470 g/mol. The molecule has 9 heteroatoms. The third kappa shape index (κ3) is 3.83. The molecular weight excluding hydrogens is 449 g/mol. The standard InChI is InChI=1S/C25H21F3N2O4/c1-30-23(13-7-4-5-8-16(13)26)21(24(31)29-22-17(27)9-6-10-18(22)28)14-11-19(33-2)20(34-3)12-15(14)25(30)32/h4-12,21,23H,1-3H3,(H,29,31). The van der Waals surface area contributed by atoms with Crippen LogP contribution in [0.15, 0.2) is 54.6 Å². The number of benzene rings is 3. The fraction of sp³-hybridized carbons (Fsp3) is 0.200.